The summed E-state index contributed by atoms with van der Waals surface area (Å²) in [5, 5.41) is 0. The summed E-state index contributed by atoms with van der Waals surface area (Å²) in [4.78, 5) is 27.2. The van der Waals surface area contributed by atoms with Crippen molar-refractivity contribution in [2.24, 2.45) is 11.8 Å². The number of carbonyl (C=O) groups is 2. The number of rotatable bonds is 2. The number of nitrogens with zero attached hydrogens (tertiary/aromatic N) is 2. The predicted octanol–water partition coefficient (Wildman–Crippen LogP) is 0.733. The molecule has 0 aromatic heterocycles. The Morgan fingerprint density at radius 3 is 2.17 bits per heavy atom. The minimum Gasteiger partial charge on any atom is -0.297 e. The van der Waals surface area contributed by atoms with Crippen LogP contribution in [0.3, 0.4) is 0 Å². The molecule has 2 aliphatic heterocycles. The molecule has 18 heavy (non-hydrogen) atoms. The fourth-order valence-electron chi connectivity index (χ4n) is 2.96. The molecule has 0 unspecified atom stereocenters. The minimum absolute atomic E-state index is 0.0134. The van der Waals surface area contributed by atoms with Gasteiger partial charge in [-0.1, -0.05) is 30.3 Å². The van der Waals surface area contributed by atoms with Gasteiger partial charge in [0.15, 0.2) is 0 Å². The second kappa shape index (κ2) is 4.21. The van der Waals surface area contributed by atoms with Crippen molar-refractivity contribution in [3.05, 3.63) is 35.9 Å². The summed E-state index contributed by atoms with van der Waals surface area (Å²) in [6.45, 7) is 2.22. The Hall–Kier alpha value is -1.68. The van der Waals surface area contributed by atoms with Gasteiger partial charge in [-0.2, -0.15) is 0 Å². The Bertz CT molecular complexity index is 462. The molecule has 3 rings (SSSR count). The van der Waals surface area contributed by atoms with Crippen LogP contribution in [0.1, 0.15) is 5.56 Å². The molecule has 94 valence electrons. The molecule has 4 heteroatoms. The van der Waals surface area contributed by atoms with Crippen molar-refractivity contribution in [2.75, 3.05) is 20.1 Å². The lowest BCUT2D eigenvalue weighted by atomic mass is 10.00. The van der Waals surface area contributed by atoms with Gasteiger partial charge in [-0.05, 0) is 5.56 Å². The second-order valence-electron chi connectivity index (χ2n) is 5.13. The molecule has 2 saturated heterocycles. The monoisotopic (exact) mass is 244 g/mol. The quantitative estimate of drug-likeness (QED) is 0.720. The molecule has 0 spiro atoms. The lowest BCUT2D eigenvalue weighted by Crippen LogP contribution is -2.32. The predicted molar refractivity (Wildman–Crippen MR) is 66.5 cm³/mol. The third-order valence-corrected chi connectivity index (χ3v) is 3.94. The van der Waals surface area contributed by atoms with Crippen molar-refractivity contribution in [3.63, 3.8) is 0 Å². The van der Waals surface area contributed by atoms with Crippen LogP contribution >= 0.6 is 0 Å². The van der Waals surface area contributed by atoms with E-state index in [2.05, 4.69) is 17.0 Å². The Balaban J connectivity index is 1.70. The van der Waals surface area contributed by atoms with Crippen molar-refractivity contribution in [3.8, 4) is 0 Å². The third-order valence-electron chi connectivity index (χ3n) is 3.94. The standard InChI is InChI=1S/C14H16N2O2/c1-15-13(17)11-8-16(9-12(11)14(15)18)7-10-5-3-2-4-6-10/h2-6,11-12H,7-9H2,1H3/t11-,12-/m1/s1. The van der Waals surface area contributed by atoms with Gasteiger partial charge in [0.2, 0.25) is 11.8 Å². The number of amides is 2. The molecule has 2 aliphatic rings. The summed E-state index contributed by atoms with van der Waals surface area (Å²) >= 11 is 0. The van der Waals surface area contributed by atoms with Crippen molar-refractivity contribution in [1.82, 2.24) is 9.80 Å². The van der Waals surface area contributed by atoms with E-state index in [9.17, 15) is 9.59 Å². The molecule has 0 radical (unpaired) electrons. The SMILES string of the molecule is CN1C(=O)[C@@H]2CN(Cc3ccccc3)C[C@H]2C1=O. The largest absolute Gasteiger partial charge is 0.297 e. The topological polar surface area (TPSA) is 40.6 Å². The highest BCUT2D eigenvalue weighted by atomic mass is 16.2. The van der Waals surface area contributed by atoms with E-state index in [-0.39, 0.29) is 23.7 Å². The van der Waals surface area contributed by atoms with Gasteiger partial charge in [0.25, 0.3) is 0 Å². The molecule has 0 N–H and O–H groups in total. The molecule has 4 nitrogen and oxygen atoms in total. The number of likely N-dealkylation sites (tertiary alicyclic amines) is 2. The van der Waals surface area contributed by atoms with Gasteiger partial charge in [0, 0.05) is 26.7 Å². The maximum Gasteiger partial charge on any atom is 0.234 e. The summed E-state index contributed by atoms with van der Waals surface area (Å²) in [5.41, 5.74) is 1.23. The van der Waals surface area contributed by atoms with Gasteiger partial charge in [-0.3, -0.25) is 19.4 Å². The molecule has 1 aromatic rings. The van der Waals surface area contributed by atoms with Crippen LogP contribution in [-0.4, -0.2) is 41.8 Å². The van der Waals surface area contributed by atoms with Gasteiger partial charge >= 0.3 is 0 Å². The molecule has 0 aliphatic carbocycles. The lowest BCUT2D eigenvalue weighted by Gasteiger charge is -2.18. The number of benzene rings is 1. The van der Waals surface area contributed by atoms with Crippen LogP contribution in [0.15, 0.2) is 30.3 Å². The van der Waals surface area contributed by atoms with Crippen molar-refractivity contribution >= 4 is 11.8 Å². The molecular formula is C14H16N2O2. The van der Waals surface area contributed by atoms with E-state index in [1.54, 1.807) is 7.05 Å². The average Bonchev–Trinajstić information content (AvgIpc) is 2.88. The van der Waals surface area contributed by atoms with Crippen molar-refractivity contribution in [1.29, 1.82) is 0 Å². The Kier molecular flexibility index (Phi) is 2.67. The number of hydrogen-bond donors (Lipinski definition) is 0. The van der Waals surface area contributed by atoms with Gasteiger partial charge in [-0.25, -0.2) is 0 Å². The van der Waals surface area contributed by atoms with Crippen LogP contribution in [0.2, 0.25) is 0 Å². The molecular weight excluding hydrogens is 228 g/mol. The van der Waals surface area contributed by atoms with Crippen molar-refractivity contribution < 1.29 is 9.59 Å². The first-order chi connectivity index (χ1) is 8.66. The van der Waals surface area contributed by atoms with Crippen LogP contribution in [-0.2, 0) is 16.1 Å². The van der Waals surface area contributed by atoms with E-state index in [4.69, 9.17) is 0 Å². The number of carbonyl (C=O) groups excluding carboxylic acids is 2. The van der Waals surface area contributed by atoms with E-state index < -0.39 is 0 Å². The Labute approximate surface area is 106 Å². The van der Waals surface area contributed by atoms with Crippen molar-refractivity contribution in [2.45, 2.75) is 6.54 Å². The zero-order chi connectivity index (χ0) is 12.7. The van der Waals surface area contributed by atoms with Gasteiger partial charge in [-0.15, -0.1) is 0 Å². The fourth-order valence-corrected chi connectivity index (χ4v) is 2.96. The second-order valence-corrected chi connectivity index (χ2v) is 5.13. The van der Waals surface area contributed by atoms with Gasteiger partial charge in [0.1, 0.15) is 0 Å². The molecule has 2 atom stereocenters. The molecule has 2 fully saturated rings. The summed E-state index contributed by atoms with van der Waals surface area (Å²) in [5.74, 6) is -0.265. The molecule has 1 aromatic carbocycles. The highest BCUT2D eigenvalue weighted by molar-refractivity contribution is 6.05. The van der Waals surface area contributed by atoms with E-state index in [1.165, 1.54) is 10.5 Å². The molecule has 2 heterocycles. The van der Waals surface area contributed by atoms with Gasteiger partial charge in [0.05, 0.1) is 11.8 Å². The minimum atomic E-state index is -0.119. The highest BCUT2D eigenvalue weighted by Crippen LogP contribution is 2.33. The molecule has 2 amide bonds. The first kappa shape index (κ1) is 11.4. The zero-order valence-electron chi connectivity index (χ0n) is 10.4. The van der Waals surface area contributed by atoms with E-state index in [0.29, 0.717) is 13.1 Å². The van der Waals surface area contributed by atoms with E-state index in [0.717, 1.165) is 6.54 Å². The maximum atomic E-state index is 11.9. The fraction of sp³-hybridized carbons (Fsp3) is 0.429. The lowest BCUT2D eigenvalue weighted by molar-refractivity contribution is -0.138. The van der Waals surface area contributed by atoms with Crippen LogP contribution in [0.25, 0.3) is 0 Å². The van der Waals surface area contributed by atoms with Crippen LogP contribution in [0.5, 0.6) is 0 Å². The summed E-state index contributed by atoms with van der Waals surface area (Å²) in [6.07, 6.45) is 0. The molecule has 0 bridgehead atoms. The Morgan fingerprint density at radius 2 is 1.61 bits per heavy atom. The van der Waals surface area contributed by atoms with E-state index >= 15 is 0 Å². The number of fused-ring (bicyclic) bond motifs is 1. The normalized spacial score (nSPS) is 27.9. The van der Waals surface area contributed by atoms with Gasteiger partial charge < -0.3 is 0 Å². The summed E-state index contributed by atoms with van der Waals surface area (Å²) in [6, 6.07) is 10.2. The first-order valence-electron chi connectivity index (χ1n) is 6.24. The smallest absolute Gasteiger partial charge is 0.234 e. The van der Waals surface area contributed by atoms with Crippen LogP contribution < -0.4 is 0 Å². The zero-order valence-corrected chi connectivity index (χ0v) is 10.4. The first-order valence-corrected chi connectivity index (χ1v) is 6.24. The summed E-state index contributed by atoms with van der Waals surface area (Å²) in [7, 11) is 1.59. The molecule has 0 saturated carbocycles. The average molecular weight is 244 g/mol. The van der Waals surface area contributed by atoms with Crippen LogP contribution in [0, 0.1) is 11.8 Å². The van der Waals surface area contributed by atoms with E-state index in [1.807, 2.05) is 18.2 Å². The third kappa shape index (κ3) is 1.73. The van der Waals surface area contributed by atoms with Crippen LogP contribution in [0.4, 0.5) is 0 Å². The maximum absolute atomic E-state index is 11.9. The number of imide groups is 1. The summed E-state index contributed by atoms with van der Waals surface area (Å²) < 4.78 is 0. The highest BCUT2D eigenvalue weighted by Gasteiger charge is 2.50. The Morgan fingerprint density at radius 1 is 1.06 bits per heavy atom. The number of hydrogen-bond acceptors (Lipinski definition) is 3.